The van der Waals surface area contributed by atoms with Crippen molar-refractivity contribution in [3.63, 3.8) is 0 Å². The van der Waals surface area contributed by atoms with E-state index in [2.05, 4.69) is 5.32 Å². The van der Waals surface area contributed by atoms with Crippen LogP contribution in [0.1, 0.15) is 25.7 Å². The lowest BCUT2D eigenvalue weighted by molar-refractivity contribution is -0.127. The van der Waals surface area contributed by atoms with E-state index in [1.54, 1.807) is 30.3 Å². The van der Waals surface area contributed by atoms with Crippen LogP contribution in [0, 0.1) is 17.8 Å². The van der Waals surface area contributed by atoms with Crippen LogP contribution in [0.2, 0.25) is 0 Å². The molecule has 5 nitrogen and oxygen atoms in total. The van der Waals surface area contributed by atoms with E-state index in [0.29, 0.717) is 29.7 Å². The summed E-state index contributed by atoms with van der Waals surface area (Å²) in [4.78, 5) is 12.6. The minimum atomic E-state index is -3.27. The van der Waals surface area contributed by atoms with E-state index in [9.17, 15) is 13.2 Å². The molecule has 0 saturated heterocycles. The van der Waals surface area contributed by atoms with E-state index < -0.39 is 9.84 Å². The molecule has 4 unspecified atom stereocenters. The van der Waals surface area contributed by atoms with Crippen LogP contribution in [0.5, 0.6) is 0 Å². The maximum atomic E-state index is 12.3. The van der Waals surface area contributed by atoms with Gasteiger partial charge >= 0.3 is 0 Å². The molecule has 6 heteroatoms. The van der Waals surface area contributed by atoms with Crippen molar-refractivity contribution in [2.75, 3.05) is 12.3 Å². The number of nitrogens with one attached hydrogen (secondary N) is 1. The highest BCUT2D eigenvalue weighted by atomic mass is 32.2. The van der Waals surface area contributed by atoms with Crippen molar-refractivity contribution < 1.29 is 13.2 Å². The van der Waals surface area contributed by atoms with Gasteiger partial charge in [-0.2, -0.15) is 0 Å². The Balaban J connectivity index is 1.46. The summed E-state index contributed by atoms with van der Waals surface area (Å²) >= 11 is 0. The van der Waals surface area contributed by atoms with Crippen LogP contribution in [0.25, 0.3) is 0 Å². The fourth-order valence-corrected chi connectivity index (χ4v) is 5.39. The summed E-state index contributed by atoms with van der Waals surface area (Å²) in [6.07, 6.45) is 3.73. The van der Waals surface area contributed by atoms with Gasteiger partial charge in [0.15, 0.2) is 9.84 Å². The summed E-state index contributed by atoms with van der Waals surface area (Å²) in [6.45, 7) is 0.380. The van der Waals surface area contributed by atoms with E-state index in [-0.39, 0.29) is 23.6 Å². The summed E-state index contributed by atoms with van der Waals surface area (Å²) < 4.78 is 24.3. The number of sulfone groups is 1. The van der Waals surface area contributed by atoms with Gasteiger partial charge in [0.05, 0.1) is 16.6 Å². The number of nitrogens with two attached hydrogens (primary N) is 1. The van der Waals surface area contributed by atoms with Crippen molar-refractivity contribution in [1.82, 2.24) is 5.32 Å². The van der Waals surface area contributed by atoms with Gasteiger partial charge in [-0.05, 0) is 49.7 Å². The molecule has 2 aliphatic carbocycles. The first kappa shape index (κ1) is 16.5. The second kappa shape index (κ2) is 6.61. The Morgan fingerprint density at radius 3 is 2.52 bits per heavy atom. The molecule has 2 fully saturated rings. The smallest absolute Gasteiger partial charge is 0.224 e. The second-order valence-electron chi connectivity index (χ2n) is 6.71. The third kappa shape index (κ3) is 3.43. The van der Waals surface area contributed by atoms with Gasteiger partial charge in [-0.1, -0.05) is 18.2 Å². The van der Waals surface area contributed by atoms with Crippen LogP contribution in [-0.2, 0) is 14.6 Å². The zero-order valence-electron chi connectivity index (χ0n) is 13.1. The molecule has 0 spiro atoms. The van der Waals surface area contributed by atoms with Crippen LogP contribution in [0.15, 0.2) is 35.2 Å². The molecule has 23 heavy (non-hydrogen) atoms. The molecule has 2 aliphatic rings. The van der Waals surface area contributed by atoms with E-state index in [1.807, 2.05) is 0 Å². The molecule has 0 radical (unpaired) electrons. The van der Waals surface area contributed by atoms with Gasteiger partial charge in [0, 0.05) is 12.6 Å². The van der Waals surface area contributed by atoms with Crippen LogP contribution >= 0.6 is 0 Å². The summed E-state index contributed by atoms with van der Waals surface area (Å²) in [5, 5.41) is 2.88. The molecule has 3 N–H and O–H groups in total. The molecule has 0 aromatic heterocycles. The van der Waals surface area contributed by atoms with Crippen molar-refractivity contribution in [3.8, 4) is 0 Å². The number of carbonyl (C=O) groups excluding carboxylic acids is 1. The number of amides is 1. The maximum absolute atomic E-state index is 12.3. The van der Waals surface area contributed by atoms with Crippen molar-refractivity contribution in [3.05, 3.63) is 30.3 Å². The molecular weight excluding hydrogens is 312 g/mol. The Labute approximate surface area is 137 Å². The Morgan fingerprint density at radius 1 is 1.17 bits per heavy atom. The van der Waals surface area contributed by atoms with Gasteiger partial charge in [-0.15, -0.1) is 0 Å². The molecule has 4 atom stereocenters. The number of carbonyl (C=O) groups is 1. The van der Waals surface area contributed by atoms with E-state index in [4.69, 9.17) is 5.73 Å². The third-order valence-electron chi connectivity index (χ3n) is 5.27. The maximum Gasteiger partial charge on any atom is 0.224 e. The fourth-order valence-electron chi connectivity index (χ4n) is 4.06. The summed E-state index contributed by atoms with van der Waals surface area (Å²) in [6, 6.07) is 8.39. The quantitative estimate of drug-likeness (QED) is 0.767. The number of fused-ring (bicyclic) bond motifs is 2. The molecule has 0 aliphatic heterocycles. The van der Waals surface area contributed by atoms with E-state index in [0.717, 1.165) is 19.3 Å². The highest BCUT2D eigenvalue weighted by molar-refractivity contribution is 7.91. The standard InChI is InChI=1S/C17H24N2O3S/c18-16-13-8-7-12(11-13)15(16)17(20)19-9-4-10-23(21,22)14-5-2-1-3-6-14/h1-3,5-6,12-13,15-16H,4,7-11,18H2,(H,19,20). The monoisotopic (exact) mass is 336 g/mol. The number of hydrogen-bond donors (Lipinski definition) is 2. The lowest BCUT2D eigenvalue weighted by Gasteiger charge is -2.27. The molecular formula is C17H24N2O3S. The molecule has 1 aromatic carbocycles. The highest BCUT2D eigenvalue weighted by Gasteiger charge is 2.48. The first-order valence-corrected chi connectivity index (χ1v) is 9.95. The predicted molar refractivity (Wildman–Crippen MR) is 88.4 cm³/mol. The first-order valence-electron chi connectivity index (χ1n) is 8.30. The Morgan fingerprint density at radius 2 is 1.87 bits per heavy atom. The topological polar surface area (TPSA) is 89.3 Å². The van der Waals surface area contributed by atoms with Gasteiger partial charge in [-0.25, -0.2) is 8.42 Å². The third-order valence-corrected chi connectivity index (χ3v) is 7.09. The van der Waals surface area contributed by atoms with Crippen molar-refractivity contribution >= 4 is 15.7 Å². The average molecular weight is 336 g/mol. The molecule has 3 rings (SSSR count). The summed E-state index contributed by atoms with van der Waals surface area (Å²) in [5.41, 5.74) is 6.16. The second-order valence-corrected chi connectivity index (χ2v) is 8.82. The fraction of sp³-hybridized carbons (Fsp3) is 0.588. The van der Waals surface area contributed by atoms with Gasteiger partial charge in [-0.3, -0.25) is 4.79 Å². The van der Waals surface area contributed by atoms with Gasteiger partial charge in [0.2, 0.25) is 5.91 Å². The largest absolute Gasteiger partial charge is 0.356 e. The normalized spacial score (nSPS) is 29.6. The van der Waals surface area contributed by atoms with E-state index in [1.165, 1.54) is 0 Å². The van der Waals surface area contributed by atoms with E-state index >= 15 is 0 Å². The minimum absolute atomic E-state index is 0.00168. The Hall–Kier alpha value is -1.40. The predicted octanol–water partition coefficient (Wildman–Crippen LogP) is 1.34. The number of rotatable bonds is 6. The Kier molecular flexibility index (Phi) is 4.73. The van der Waals surface area contributed by atoms with Gasteiger partial charge < -0.3 is 11.1 Å². The van der Waals surface area contributed by atoms with Crippen molar-refractivity contribution in [2.45, 2.75) is 36.6 Å². The number of hydrogen-bond acceptors (Lipinski definition) is 4. The molecule has 1 amide bonds. The molecule has 1 aromatic rings. The number of benzene rings is 1. The van der Waals surface area contributed by atoms with Crippen LogP contribution in [-0.4, -0.2) is 32.7 Å². The van der Waals surface area contributed by atoms with Crippen LogP contribution in [0.3, 0.4) is 0 Å². The van der Waals surface area contributed by atoms with Crippen molar-refractivity contribution in [2.24, 2.45) is 23.5 Å². The average Bonchev–Trinajstić information content (AvgIpc) is 3.13. The summed E-state index contributed by atoms with van der Waals surface area (Å²) in [7, 11) is -3.27. The SMILES string of the molecule is NC1C2CCC(C2)C1C(=O)NCCCS(=O)(=O)c1ccccc1. The Bertz CT molecular complexity index is 658. The minimum Gasteiger partial charge on any atom is -0.356 e. The van der Waals surface area contributed by atoms with Crippen LogP contribution < -0.4 is 11.1 Å². The summed E-state index contributed by atoms with van der Waals surface area (Å²) in [5.74, 6) is 0.874. The van der Waals surface area contributed by atoms with Crippen molar-refractivity contribution in [1.29, 1.82) is 0 Å². The molecule has 0 heterocycles. The zero-order valence-corrected chi connectivity index (χ0v) is 14.0. The zero-order chi connectivity index (χ0) is 16.4. The van der Waals surface area contributed by atoms with Crippen LogP contribution in [0.4, 0.5) is 0 Å². The molecule has 2 bridgehead atoms. The van der Waals surface area contributed by atoms with Gasteiger partial charge in [0.1, 0.15) is 0 Å². The first-order chi connectivity index (χ1) is 11.0. The highest BCUT2D eigenvalue weighted by Crippen LogP contribution is 2.47. The lowest BCUT2D eigenvalue weighted by Crippen LogP contribution is -2.45. The molecule has 126 valence electrons. The van der Waals surface area contributed by atoms with Gasteiger partial charge in [0.25, 0.3) is 0 Å². The lowest BCUT2D eigenvalue weighted by atomic mass is 9.84. The molecule has 2 saturated carbocycles.